The van der Waals surface area contributed by atoms with Crippen molar-refractivity contribution in [1.29, 1.82) is 0 Å². The molecule has 23 heavy (non-hydrogen) atoms. The predicted molar refractivity (Wildman–Crippen MR) is 92.1 cm³/mol. The van der Waals surface area contributed by atoms with E-state index in [0.29, 0.717) is 11.6 Å². The fourth-order valence-electron chi connectivity index (χ4n) is 3.14. The zero-order valence-corrected chi connectivity index (χ0v) is 14.3. The summed E-state index contributed by atoms with van der Waals surface area (Å²) >= 11 is 6.37. The van der Waals surface area contributed by atoms with Crippen molar-refractivity contribution in [3.8, 4) is 5.75 Å². The van der Waals surface area contributed by atoms with Crippen molar-refractivity contribution in [3.05, 3.63) is 35.0 Å². The molecule has 3 rings (SSSR count). The lowest BCUT2D eigenvalue weighted by molar-refractivity contribution is 0.0944. The molecule has 1 aliphatic heterocycles. The Morgan fingerprint density at radius 3 is 3.00 bits per heavy atom. The van der Waals surface area contributed by atoms with E-state index in [4.69, 9.17) is 16.3 Å². The molecule has 0 amide bonds. The van der Waals surface area contributed by atoms with Gasteiger partial charge in [0.05, 0.1) is 17.6 Å². The van der Waals surface area contributed by atoms with E-state index in [2.05, 4.69) is 9.88 Å². The summed E-state index contributed by atoms with van der Waals surface area (Å²) in [6, 6.07) is 5.81. The molecule has 0 spiro atoms. The van der Waals surface area contributed by atoms with Crippen LogP contribution in [0, 0.1) is 5.92 Å². The number of aromatic nitrogens is 1. The maximum atomic E-state index is 13.9. The predicted octanol–water partition coefficient (Wildman–Crippen LogP) is 4.12. The van der Waals surface area contributed by atoms with Gasteiger partial charge in [-0.05, 0) is 49.1 Å². The lowest BCUT2D eigenvalue weighted by atomic mass is 9.96. The number of halogens is 2. The van der Waals surface area contributed by atoms with Gasteiger partial charge in [0.15, 0.2) is 0 Å². The first-order chi connectivity index (χ1) is 11.1. The third-order valence-corrected chi connectivity index (χ3v) is 5.09. The van der Waals surface area contributed by atoms with Gasteiger partial charge in [-0.15, -0.1) is 0 Å². The number of pyridine rings is 1. The van der Waals surface area contributed by atoms with Crippen LogP contribution in [0.5, 0.6) is 5.75 Å². The van der Waals surface area contributed by atoms with Crippen molar-refractivity contribution < 1.29 is 9.13 Å². The van der Waals surface area contributed by atoms with Crippen LogP contribution in [-0.2, 0) is 6.42 Å². The van der Waals surface area contributed by atoms with Gasteiger partial charge in [-0.2, -0.15) is 0 Å². The number of fused-ring (bicyclic) bond motifs is 1. The van der Waals surface area contributed by atoms with Crippen LogP contribution >= 0.6 is 11.6 Å². The number of benzene rings is 1. The number of hydrogen-bond acceptors (Lipinski definition) is 3. The summed E-state index contributed by atoms with van der Waals surface area (Å²) in [5.74, 6) is 0.958. The Balaban J connectivity index is 1.80. The Hall–Kier alpha value is -1.39. The Kier molecular flexibility index (Phi) is 5.02. The molecule has 0 aliphatic carbocycles. The lowest BCUT2D eigenvalue weighted by Crippen LogP contribution is -2.41. The van der Waals surface area contributed by atoms with E-state index >= 15 is 0 Å². The second-order valence-electron chi connectivity index (χ2n) is 6.30. The third-order valence-electron chi connectivity index (χ3n) is 4.76. The van der Waals surface area contributed by atoms with Crippen molar-refractivity contribution in [3.63, 3.8) is 0 Å². The van der Waals surface area contributed by atoms with Crippen LogP contribution in [0.4, 0.5) is 4.39 Å². The van der Waals surface area contributed by atoms with Crippen LogP contribution in [0.2, 0.25) is 5.02 Å². The van der Waals surface area contributed by atoms with Crippen LogP contribution in [0.1, 0.15) is 18.9 Å². The highest BCUT2D eigenvalue weighted by atomic mass is 35.5. The van der Waals surface area contributed by atoms with Crippen molar-refractivity contribution in [2.24, 2.45) is 5.92 Å². The van der Waals surface area contributed by atoms with E-state index in [9.17, 15) is 4.39 Å². The Morgan fingerprint density at radius 2 is 2.26 bits per heavy atom. The number of hydrogen-bond donors (Lipinski definition) is 0. The van der Waals surface area contributed by atoms with Crippen LogP contribution in [-0.4, -0.2) is 42.8 Å². The zero-order chi connectivity index (χ0) is 16.4. The second-order valence-corrected chi connectivity index (χ2v) is 6.71. The molecular formula is C18H22ClFN2O. The first-order valence-corrected chi connectivity index (χ1v) is 8.44. The number of likely N-dealkylation sites (tertiary alicyclic amines) is 1. The van der Waals surface area contributed by atoms with Gasteiger partial charge in [0, 0.05) is 24.7 Å². The number of nitrogens with zero attached hydrogens (tertiary/aromatic N) is 2. The van der Waals surface area contributed by atoms with Gasteiger partial charge in [-0.1, -0.05) is 18.5 Å². The Labute approximate surface area is 141 Å². The fourth-order valence-corrected chi connectivity index (χ4v) is 3.39. The largest absolute Gasteiger partial charge is 0.497 e. The van der Waals surface area contributed by atoms with E-state index in [-0.39, 0.29) is 5.92 Å². The SMILES string of the molecule is COc1ccc2ncc(Cl)c(CCN3CCC(C)[C@H](F)C3)c2c1. The Bertz CT molecular complexity index is 694. The molecule has 1 aliphatic rings. The molecule has 1 aromatic heterocycles. The summed E-state index contributed by atoms with van der Waals surface area (Å²) in [5, 5.41) is 1.67. The van der Waals surface area contributed by atoms with E-state index in [0.717, 1.165) is 48.1 Å². The molecule has 1 aromatic carbocycles. The molecule has 1 saturated heterocycles. The van der Waals surface area contributed by atoms with Crippen LogP contribution in [0.15, 0.2) is 24.4 Å². The molecule has 1 unspecified atom stereocenters. The van der Waals surface area contributed by atoms with E-state index < -0.39 is 6.17 Å². The maximum absolute atomic E-state index is 13.9. The molecule has 2 atom stereocenters. The van der Waals surface area contributed by atoms with Gasteiger partial charge in [-0.3, -0.25) is 4.98 Å². The molecule has 0 bridgehead atoms. The normalized spacial score (nSPS) is 22.4. The van der Waals surface area contributed by atoms with Gasteiger partial charge >= 0.3 is 0 Å². The quantitative estimate of drug-likeness (QED) is 0.839. The molecular weight excluding hydrogens is 315 g/mol. The average molecular weight is 337 g/mol. The molecule has 5 heteroatoms. The molecule has 0 saturated carbocycles. The van der Waals surface area contributed by atoms with Crippen molar-refractivity contribution in [2.45, 2.75) is 25.9 Å². The van der Waals surface area contributed by atoms with Crippen LogP contribution in [0.25, 0.3) is 10.9 Å². The first kappa shape index (κ1) is 16.5. The van der Waals surface area contributed by atoms with Gasteiger partial charge < -0.3 is 9.64 Å². The minimum absolute atomic E-state index is 0.167. The summed E-state index contributed by atoms with van der Waals surface area (Å²) in [4.78, 5) is 6.56. The topological polar surface area (TPSA) is 25.4 Å². The summed E-state index contributed by atoms with van der Waals surface area (Å²) < 4.78 is 19.2. The maximum Gasteiger partial charge on any atom is 0.119 e. The molecule has 0 N–H and O–H groups in total. The highest BCUT2D eigenvalue weighted by molar-refractivity contribution is 6.32. The molecule has 0 radical (unpaired) electrons. The minimum Gasteiger partial charge on any atom is -0.497 e. The minimum atomic E-state index is -0.728. The smallest absolute Gasteiger partial charge is 0.119 e. The number of ether oxygens (including phenoxy) is 1. The highest BCUT2D eigenvalue weighted by Gasteiger charge is 2.25. The van der Waals surface area contributed by atoms with Gasteiger partial charge in [0.25, 0.3) is 0 Å². The molecule has 3 nitrogen and oxygen atoms in total. The zero-order valence-electron chi connectivity index (χ0n) is 13.6. The second kappa shape index (κ2) is 7.02. The van der Waals surface area contributed by atoms with Crippen LogP contribution < -0.4 is 4.74 Å². The Morgan fingerprint density at radius 1 is 1.43 bits per heavy atom. The fraction of sp³-hybridized carbons (Fsp3) is 0.500. The first-order valence-electron chi connectivity index (χ1n) is 8.06. The monoisotopic (exact) mass is 336 g/mol. The van der Waals surface area contributed by atoms with E-state index in [1.807, 2.05) is 25.1 Å². The van der Waals surface area contributed by atoms with E-state index in [1.165, 1.54) is 0 Å². The lowest BCUT2D eigenvalue weighted by Gasteiger charge is -2.33. The number of rotatable bonds is 4. The average Bonchev–Trinajstić information content (AvgIpc) is 2.56. The molecule has 2 aromatic rings. The van der Waals surface area contributed by atoms with Gasteiger partial charge in [-0.25, -0.2) is 4.39 Å². The van der Waals surface area contributed by atoms with Gasteiger partial charge in [0.1, 0.15) is 11.9 Å². The van der Waals surface area contributed by atoms with Gasteiger partial charge in [0.2, 0.25) is 0 Å². The van der Waals surface area contributed by atoms with E-state index in [1.54, 1.807) is 13.3 Å². The summed E-state index contributed by atoms with van der Waals surface area (Å²) in [5.41, 5.74) is 1.96. The standard InChI is InChI=1S/C18H22ClFN2O/c1-12-5-7-22(11-17(12)20)8-6-14-15-9-13(23-2)3-4-18(15)21-10-16(14)19/h3-4,9-10,12,17H,5-8,11H2,1-2H3/t12?,17-/m1/s1. The highest BCUT2D eigenvalue weighted by Crippen LogP contribution is 2.29. The van der Waals surface area contributed by atoms with Crippen molar-refractivity contribution in [2.75, 3.05) is 26.7 Å². The van der Waals surface area contributed by atoms with Crippen molar-refractivity contribution >= 4 is 22.5 Å². The number of methoxy groups -OCH3 is 1. The summed E-state index contributed by atoms with van der Waals surface area (Å²) in [6.45, 7) is 4.27. The number of alkyl halides is 1. The number of piperidine rings is 1. The van der Waals surface area contributed by atoms with Crippen molar-refractivity contribution in [1.82, 2.24) is 9.88 Å². The molecule has 124 valence electrons. The van der Waals surface area contributed by atoms with Crippen LogP contribution in [0.3, 0.4) is 0 Å². The molecule has 2 heterocycles. The summed E-state index contributed by atoms with van der Waals surface area (Å²) in [7, 11) is 1.65. The molecule has 1 fully saturated rings. The third kappa shape index (κ3) is 3.59. The summed E-state index contributed by atoms with van der Waals surface area (Å²) in [6.07, 6.45) is 2.67.